The van der Waals surface area contributed by atoms with E-state index in [2.05, 4.69) is 30.4 Å². The van der Waals surface area contributed by atoms with Crippen LogP contribution >= 0.6 is 0 Å². The van der Waals surface area contributed by atoms with E-state index in [4.69, 9.17) is 0 Å². The Bertz CT molecular complexity index is 366. The predicted molar refractivity (Wildman–Crippen MR) is 63.2 cm³/mol. The highest BCUT2D eigenvalue weighted by molar-refractivity contribution is 5.42. The average molecular weight is 201 g/mol. The number of hydrogen-bond acceptors (Lipinski definition) is 1. The van der Waals surface area contributed by atoms with Crippen molar-refractivity contribution in [2.45, 2.75) is 44.6 Å². The Morgan fingerprint density at radius 3 is 2.80 bits per heavy atom. The molecule has 1 heteroatoms. The lowest BCUT2D eigenvalue weighted by Gasteiger charge is -2.28. The Morgan fingerprint density at radius 1 is 1.27 bits per heavy atom. The molecule has 3 rings (SSSR count). The van der Waals surface area contributed by atoms with Gasteiger partial charge in [0.25, 0.3) is 0 Å². The third kappa shape index (κ3) is 1.59. The highest BCUT2D eigenvalue weighted by Crippen LogP contribution is 2.43. The number of fused-ring (bicyclic) bond motifs is 1. The summed E-state index contributed by atoms with van der Waals surface area (Å²) in [5.74, 6) is 0.899. The van der Waals surface area contributed by atoms with Crippen molar-refractivity contribution < 1.29 is 0 Å². The first-order valence-corrected chi connectivity index (χ1v) is 6.25. The van der Waals surface area contributed by atoms with Gasteiger partial charge in [0.05, 0.1) is 0 Å². The van der Waals surface area contributed by atoms with Crippen molar-refractivity contribution in [3.8, 4) is 0 Å². The molecule has 1 heterocycles. The van der Waals surface area contributed by atoms with Crippen LogP contribution < -0.4 is 5.32 Å². The fourth-order valence-electron chi connectivity index (χ4n) is 2.86. The molecular formula is C14H19N. The van der Waals surface area contributed by atoms with E-state index < -0.39 is 0 Å². The quantitative estimate of drug-likeness (QED) is 0.775. The summed E-state index contributed by atoms with van der Waals surface area (Å²) in [7, 11) is 0. The average Bonchev–Trinajstić information content (AvgIpc) is 3.11. The molecular weight excluding hydrogens is 182 g/mol. The maximum Gasteiger partial charge on any atom is 0.0320 e. The normalized spacial score (nSPS) is 25.0. The van der Waals surface area contributed by atoms with Crippen molar-refractivity contribution >= 4 is 0 Å². The number of nitrogens with one attached hydrogen (secondary N) is 1. The molecule has 1 aliphatic carbocycles. The molecule has 1 fully saturated rings. The van der Waals surface area contributed by atoms with Crippen molar-refractivity contribution in [1.82, 2.24) is 5.32 Å². The molecule has 80 valence electrons. The molecule has 0 amide bonds. The summed E-state index contributed by atoms with van der Waals surface area (Å²) in [6.45, 7) is 3.44. The second kappa shape index (κ2) is 3.64. The summed E-state index contributed by atoms with van der Waals surface area (Å²) in [6.07, 6.45) is 5.28. The van der Waals surface area contributed by atoms with E-state index >= 15 is 0 Å². The molecule has 0 spiro atoms. The van der Waals surface area contributed by atoms with Crippen LogP contribution in [0, 0.1) is 0 Å². The number of benzene rings is 1. The fraction of sp³-hybridized carbons (Fsp3) is 0.571. The van der Waals surface area contributed by atoms with Gasteiger partial charge in [0, 0.05) is 6.04 Å². The summed E-state index contributed by atoms with van der Waals surface area (Å²) < 4.78 is 0. The molecule has 1 atom stereocenters. The minimum absolute atomic E-state index is 0.604. The summed E-state index contributed by atoms with van der Waals surface area (Å²) in [6, 6.07) is 7.53. The van der Waals surface area contributed by atoms with Gasteiger partial charge in [-0.3, -0.25) is 0 Å². The molecule has 1 aliphatic heterocycles. The lowest BCUT2D eigenvalue weighted by Crippen LogP contribution is -2.30. The van der Waals surface area contributed by atoms with Gasteiger partial charge >= 0.3 is 0 Å². The second-order valence-corrected chi connectivity index (χ2v) is 4.85. The van der Waals surface area contributed by atoms with Crippen molar-refractivity contribution in [3.63, 3.8) is 0 Å². The molecule has 1 saturated carbocycles. The van der Waals surface area contributed by atoms with E-state index in [0.29, 0.717) is 6.04 Å². The zero-order valence-electron chi connectivity index (χ0n) is 9.42. The molecule has 1 unspecified atom stereocenters. The highest BCUT2D eigenvalue weighted by Gasteiger charge is 2.29. The van der Waals surface area contributed by atoms with Gasteiger partial charge in [0.2, 0.25) is 0 Å². The van der Waals surface area contributed by atoms with Gasteiger partial charge in [-0.05, 0) is 54.8 Å². The van der Waals surface area contributed by atoms with Crippen LogP contribution in [0.3, 0.4) is 0 Å². The Labute approximate surface area is 91.9 Å². The fourth-order valence-corrected chi connectivity index (χ4v) is 2.86. The molecule has 2 aliphatic rings. The van der Waals surface area contributed by atoms with Crippen LogP contribution in [0.15, 0.2) is 18.2 Å². The standard InChI is InChI=1S/C14H19N/c1-2-14-13-5-3-4-11(10-6-7-10)12(13)8-9-15-14/h3-5,10,14-15H,2,6-9H2,1H3. The SMILES string of the molecule is CCC1NCCc2c(C3CC3)cccc21. The molecule has 0 aromatic heterocycles. The summed E-state index contributed by atoms with van der Waals surface area (Å²) in [4.78, 5) is 0. The first-order valence-electron chi connectivity index (χ1n) is 6.25. The summed E-state index contributed by atoms with van der Waals surface area (Å²) in [5.41, 5.74) is 4.91. The topological polar surface area (TPSA) is 12.0 Å². The minimum Gasteiger partial charge on any atom is -0.310 e. The smallest absolute Gasteiger partial charge is 0.0320 e. The second-order valence-electron chi connectivity index (χ2n) is 4.85. The van der Waals surface area contributed by atoms with E-state index in [1.807, 2.05) is 0 Å². The zero-order chi connectivity index (χ0) is 10.3. The van der Waals surface area contributed by atoms with Gasteiger partial charge < -0.3 is 5.32 Å². The largest absolute Gasteiger partial charge is 0.310 e. The molecule has 15 heavy (non-hydrogen) atoms. The Morgan fingerprint density at radius 2 is 2.07 bits per heavy atom. The summed E-state index contributed by atoms with van der Waals surface area (Å²) >= 11 is 0. The maximum atomic E-state index is 3.61. The van der Waals surface area contributed by atoms with Gasteiger partial charge in [0.1, 0.15) is 0 Å². The summed E-state index contributed by atoms with van der Waals surface area (Å²) in [5, 5.41) is 3.61. The van der Waals surface area contributed by atoms with Crippen molar-refractivity contribution in [1.29, 1.82) is 0 Å². The van der Waals surface area contributed by atoms with Gasteiger partial charge in [0.15, 0.2) is 0 Å². The van der Waals surface area contributed by atoms with Crippen LogP contribution in [0.5, 0.6) is 0 Å². The lowest BCUT2D eigenvalue weighted by atomic mass is 9.88. The third-order valence-electron chi connectivity index (χ3n) is 3.82. The van der Waals surface area contributed by atoms with Crippen LogP contribution in [0.25, 0.3) is 0 Å². The van der Waals surface area contributed by atoms with Gasteiger partial charge in [-0.2, -0.15) is 0 Å². The van der Waals surface area contributed by atoms with Crippen LogP contribution in [0.4, 0.5) is 0 Å². The van der Waals surface area contributed by atoms with E-state index in [1.54, 1.807) is 16.7 Å². The lowest BCUT2D eigenvalue weighted by molar-refractivity contribution is 0.490. The molecule has 1 N–H and O–H groups in total. The first kappa shape index (κ1) is 9.41. The van der Waals surface area contributed by atoms with Crippen LogP contribution in [0.2, 0.25) is 0 Å². The number of rotatable bonds is 2. The van der Waals surface area contributed by atoms with Crippen molar-refractivity contribution in [3.05, 3.63) is 34.9 Å². The maximum absolute atomic E-state index is 3.61. The van der Waals surface area contributed by atoms with E-state index in [0.717, 1.165) is 12.5 Å². The number of hydrogen-bond donors (Lipinski definition) is 1. The monoisotopic (exact) mass is 201 g/mol. The highest BCUT2D eigenvalue weighted by atomic mass is 14.9. The van der Waals surface area contributed by atoms with E-state index in [9.17, 15) is 0 Å². The van der Waals surface area contributed by atoms with Gasteiger partial charge in [-0.25, -0.2) is 0 Å². The first-order chi connectivity index (χ1) is 7.40. The van der Waals surface area contributed by atoms with Crippen molar-refractivity contribution in [2.75, 3.05) is 6.54 Å². The van der Waals surface area contributed by atoms with Gasteiger partial charge in [-0.15, -0.1) is 0 Å². The molecule has 0 bridgehead atoms. The van der Waals surface area contributed by atoms with Gasteiger partial charge in [-0.1, -0.05) is 25.1 Å². The van der Waals surface area contributed by atoms with Crippen LogP contribution in [0.1, 0.15) is 54.8 Å². The molecule has 0 radical (unpaired) electrons. The Balaban J connectivity index is 2.05. The molecule has 1 nitrogen and oxygen atoms in total. The minimum atomic E-state index is 0.604. The van der Waals surface area contributed by atoms with Crippen LogP contribution in [-0.2, 0) is 6.42 Å². The third-order valence-corrected chi connectivity index (χ3v) is 3.82. The Hall–Kier alpha value is -0.820. The van der Waals surface area contributed by atoms with E-state index in [1.165, 1.54) is 25.7 Å². The predicted octanol–water partition coefficient (Wildman–Crippen LogP) is 3.16. The molecule has 1 aromatic rings. The molecule has 0 saturated heterocycles. The molecule has 1 aromatic carbocycles. The zero-order valence-corrected chi connectivity index (χ0v) is 9.42. The van der Waals surface area contributed by atoms with Crippen molar-refractivity contribution in [2.24, 2.45) is 0 Å². The van der Waals surface area contributed by atoms with Crippen LogP contribution in [-0.4, -0.2) is 6.54 Å². The Kier molecular flexibility index (Phi) is 2.28. The van der Waals surface area contributed by atoms with E-state index in [-0.39, 0.29) is 0 Å².